The number of halogens is 1. The monoisotopic (exact) mass is 395 g/mol. The van der Waals surface area contributed by atoms with Crippen molar-refractivity contribution in [2.24, 2.45) is 13.0 Å². The summed E-state index contributed by atoms with van der Waals surface area (Å²) in [5, 5.41) is 4.67. The maximum Gasteiger partial charge on any atom is 0.250 e. The average Bonchev–Trinajstić information content (AvgIpc) is 2.72. The number of hydrogen-bond acceptors (Lipinski definition) is 3. The van der Waals surface area contributed by atoms with Crippen LogP contribution in [-0.4, -0.2) is 23.6 Å². The number of nitrogens with one attached hydrogen (secondary N) is 1. The number of amides is 1. The molecule has 3 aromatic rings. The highest BCUT2D eigenvalue weighted by molar-refractivity contribution is 6.30. The zero-order valence-electron chi connectivity index (χ0n) is 15.7. The van der Waals surface area contributed by atoms with E-state index in [4.69, 9.17) is 11.6 Å². The average molecular weight is 396 g/mol. The van der Waals surface area contributed by atoms with Crippen LogP contribution >= 0.6 is 11.6 Å². The zero-order valence-corrected chi connectivity index (χ0v) is 16.4. The van der Waals surface area contributed by atoms with Crippen LogP contribution in [0, 0.1) is 5.92 Å². The predicted octanol–water partition coefficient (Wildman–Crippen LogP) is 4.05. The summed E-state index contributed by atoms with van der Waals surface area (Å²) in [6.45, 7) is 1.67. The fraction of sp³-hybridized carbons (Fsp3) is 0.273. The van der Waals surface area contributed by atoms with Gasteiger partial charge in [0.05, 0.1) is 11.2 Å². The van der Waals surface area contributed by atoms with Gasteiger partial charge in [0.25, 0.3) is 5.56 Å². The van der Waals surface area contributed by atoms with Gasteiger partial charge in [-0.2, -0.15) is 0 Å². The van der Waals surface area contributed by atoms with E-state index in [1.807, 2.05) is 42.5 Å². The molecule has 0 atom stereocenters. The Balaban J connectivity index is 1.45. The van der Waals surface area contributed by atoms with Gasteiger partial charge in [-0.15, -0.1) is 0 Å². The molecule has 1 aliphatic heterocycles. The van der Waals surface area contributed by atoms with Gasteiger partial charge in [-0.05, 0) is 55.3 Å². The lowest BCUT2D eigenvalue weighted by Crippen LogP contribution is -2.38. The molecule has 2 aromatic carbocycles. The van der Waals surface area contributed by atoms with Crippen LogP contribution in [0.4, 0.5) is 11.4 Å². The second-order valence-electron chi connectivity index (χ2n) is 7.20. The Labute approximate surface area is 168 Å². The van der Waals surface area contributed by atoms with E-state index in [0.29, 0.717) is 0 Å². The molecule has 1 amide bonds. The summed E-state index contributed by atoms with van der Waals surface area (Å²) in [5.41, 5.74) is 2.63. The third kappa shape index (κ3) is 3.62. The Hall–Kier alpha value is -2.79. The Kier molecular flexibility index (Phi) is 5.09. The summed E-state index contributed by atoms with van der Waals surface area (Å²) < 4.78 is 1.59. The van der Waals surface area contributed by atoms with E-state index >= 15 is 0 Å². The lowest BCUT2D eigenvalue weighted by atomic mass is 9.95. The van der Waals surface area contributed by atoms with Crippen molar-refractivity contribution < 1.29 is 4.79 Å². The van der Waals surface area contributed by atoms with E-state index in [0.717, 1.165) is 53.2 Å². The number of benzene rings is 2. The molecule has 0 spiro atoms. The molecule has 1 aliphatic rings. The number of hydrogen-bond donors (Lipinski definition) is 1. The van der Waals surface area contributed by atoms with E-state index in [-0.39, 0.29) is 17.4 Å². The molecule has 144 valence electrons. The number of aromatic nitrogens is 1. The molecule has 4 rings (SSSR count). The van der Waals surface area contributed by atoms with Crippen LogP contribution in [0.1, 0.15) is 12.8 Å². The highest BCUT2D eigenvalue weighted by atomic mass is 35.5. The number of rotatable bonds is 3. The second-order valence-corrected chi connectivity index (χ2v) is 7.63. The summed E-state index contributed by atoms with van der Waals surface area (Å²) in [5.74, 6) is 0.0171. The summed E-state index contributed by atoms with van der Waals surface area (Å²) in [6, 6.07) is 16.8. The van der Waals surface area contributed by atoms with Crippen LogP contribution in [0.5, 0.6) is 0 Å². The van der Waals surface area contributed by atoms with Gasteiger partial charge in [0.15, 0.2) is 0 Å². The standard InChI is InChI=1S/C22H22ClN3O2/c1-25-20-4-2-3-19(18(20)9-10-21(25)27)24-22(28)15-11-13-26(14-12-15)17-7-5-16(23)6-8-17/h2-10,15H,11-14H2,1H3,(H,24,28). The highest BCUT2D eigenvalue weighted by Crippen LogP contribution is 2.27. The first kappa shape index (κ1) is 18.6. The fourth-order valence-electron chi connectivity index (χ4n) is 3.80. The van der Waals surface area contributed by atoms with Gasteiger partial charge >= 0.3 is 0 Å². The minimum Gasteiger partial charge on any atom is -0.371 e. The minimum atomic E-state index is -0.0643. The molecule has 0 radical (unpaired) electrons. The summed E-state index contributed by atoms with van der Waals surface area (Å²) in [6.07, 6.45) is 1.61. The third-order valence-corrected chi connectivity index (χ3v) is 5.73. The van der Waals surface area contributed by atoms with E-state index < -0.39 is 0 Å². The molecular weight excluding hydrogens is 374 g/mol. The number of carbonyl (C=O) groups is 1. The van der Waals surface area contributed by atoms with Crippen molar-refractivity contribution in [2.45, 2.75) is 12.8 Å². The summed E-state index contributed by atoms with van der Waals surface area (Å²) in [4.78, 5) is 27.0. The third-order valence-electron chi connectivity index (χ3n) is 5.48. The van der Waals surface area contributed by atoms with E-state index in [9.17, 15) is 9.59 Å². The largest absolute Gasteiger partial charge is 0.371 e. The van der Waals surface area contributed by atoms with Gasteiger partial charge in [-0.1, -0.05) is 17.7 Å². The highest BCUT2D eigenvalue weighted by Gasteiger charge is 2.25. The van der Waals surface area contributed by atoms with Gasteiger partial charge < -0.3 is 14.8 Å². The molecule has 0 unspecified atom stereocenters. The van der Waals surface area contributed by atoms with Crippen molar-refractivity contribution in [2.75, 3.05) is 23.3 Å². The molecule has 0 bridgehead atoms. The van der Waals surface area contributed by atoms with Crippen LogP contribution in [0.15, 0.2) is 59.4 Å². The van der Waals surface area contributed by atoms with Crippen LogP contribution in [0.2, 0.25) is 5.02 Å². The number of fused-ring (bicyclic) bond motifs is 1. The van der Waals surface area contributed by atoms with Gasteiger partial charge in [0, 0.05) is 48.2 Å². The van der Waals surface area contributed by atoms with Gasteiger partial charge in [0.2, 0.25) is 5.91 Å². The number of carbonyl (C=O) groups excluding carboxylic acids is 1. The van der Waals surface area contributed by atoms with Gasteiger partial charge in [0.1, 0.15) is 0 Å². The molecule has 1 saturated heterocycles. The molecule has 1 N–H and O–H groups in total. The van der Waals surface area contributed by atoms with Crippen molar-refractivity contribution in [1.29, 1.82) is 0 Å². The molecule has 0 saturated carbocycles. The second kappa shape index (κ2) is 7.68. The number of piperidine rings is 1. The SMILES string of the molecule is Cn1c(=O)ccc2c(NC(=O)C3CCN(c4ccc(Cl)cc4)CC3)cccc21. The Bertz CT molecular complexity index is 1070. The molecule has 1 aromatic heterocycles. The molecule has 0 aliphatic carbocycles. The number of pyridine rings is 1. The topological polar surface area (TPSA) is 54.3 Å². The minimum absolute atomic E-state index is 0.0219. The maximum absolute atomic E-state index is 12.8. The van der Waals surface area contributed by atoms with E-state index in [2.05, 4.69) is 10.2 Å². The van der Waals surface area contributed by atoms with Crippen molar-refractivity contribution in [3.05, 3.63) is 70.0 Å². The van der Waals surface area contributed by atoms with Gasteiger partial charge in [-0.25, -0.2) is 0 Å². The van der Waals surface area contributed by atoms with Crippen LogP contribution in [0.25, 0.3) is 10.9 Å². The van der Waals surface area contributed by atoms with Crippen molar-refractivity contribution in [3.63, 3.8) is 0 Å². The molecule has 5 nitrogen and oxygen atoms in total. The molecule has 1 fully saturated rings. The number of anilines is 2. The van der Waals surface area contributed by atoms with E-state index in [1.54, 1.807) is 17.7 Å². The van der Waals surface area contributed by atoms with Gasteiger partial charge in [-0.3, -0.25) is 9.59 Å². The Morgan fingerprint density at radius 3 is 2.46 bits per heavy atom. The Morgan fingerprint density at radius 1 is 1.04 bits per heavy atom. The summed E-state index contributed by atoms with van der Waals surface area (Å²) >= 11 is 5.96. The van der Waals surface area contributed by atoms with Crippen molar-refractivity contribution in [1.82, 2.24) is 4.57 Å². The lowest BCUT2D eigenvalue weighted by Gasteiger charge is -2.33. The molecule has 2 heterocycles. The quantitative estimate of drug-likeness (QED) is 0.728. The van der Waals surface area contributed by atoms with Crippen molar-refractivity contribution in [3.8, 4) is 0 Å². The van der Waals surface area contributed by atoms with E-state index in [1.165, 1.54) is 6.07 Å². The normalized spacial score (nSPS) is 15.0. The van der Waals surface area contributed by atoms with Crippen molar-refractivity contribution >= 4 is 39.8 Å². The lowest BCUT2D eigenvalue weighted by molar-refractivity contribution is -0.120. The smallest absolute Gasteiger partial charge is 0.250 e. The molecule has 6 heteroatoms. The van der Waals surface area contributed by atoms with Crippen LogP contribution in [0.3, 0.4) is 0 Å². The number of nitrogens with zero attached hydrogens (tertiary/aromatic N) is 2. The van der Waals surface area contributed by atoms with Crippen LogP contribution < -0.4 is 15.8 Å². The number of aryl methyl sites for hydroxylation is 1. The molecular formula is C22H22ClN3O2. The predicted molar refractivity (Wildman–Crippen MR) is 114 cm³/mol. The zero-order chi connectivity index (χ0) is 19.7. The molecule has 28 heavy (non-hydrogen) atoms. The first-order valence-corrected chi connectivity index (χ1v) is 9.81. The first-order chi connectivity index (χ1) is 13.5. The Morgan fingerprint density at radius 2 is 1.75 bits per heavy atom. The summed E-state index contributed by atoms with van der Waals surface area (Å²) in [7, 11) is 1.74. The van der Waals surface area contributed by atoms with Crippen LogP contribution in [-0.2, 0) is 11.8 Å². The first-order valence-electron chi connectivity index (χ1n) is 9.43. The maximum atomic E-state index is 12.8. The fourth-order valence-corrected chi connectivity index (χ4v) is 3.93.